The Morgan fingerprint density at radius 1 is 0.844 bits per heavy atom. The lowest BCUT2D eigenvalue weighted by Crippen LogP contribution is -2.63. The first-order valence-electron chi connectivity index (χ1n) is 9.57. The van der Waals surface area contributed by atoms with Gasteiger partial charge in [0.05, 0.1) is 13.1 Å². The van der Waals surface area contributed by atoms with E-state index in [1.807, 2.05) is 0 Å². The molecule has 0 saturated carbocycles. The van der Waals surface area contributed by atoms with Crippen molar-refractivity contribution in [2.75, 3.05) is 0 Å². The number of imidazole rings is 1. The van der Waals surface area contributed by atoms with Crippen molar-refractivity contribution >= 4 is 10.1 Å². The number of aromatic nitrogens is 2. The van der Waals surface area contributed by atoms with E-state index in [0.29, 0.717) is 0 Å². The summed E-state index contributed by atoms with van der Waals surface area (Å²) in [4.78, 5) is 0. The maximum absolute atomic E-state index is 12.2. The van der Waals surface area contributed by atoms with Crippen LogP contribution < -0.4 is 4.57 Å². The molecule has 1 heterocycles. The van der Waals surface area contributed by atoms with Gasteiger partial charge in [0, 0.05) is 0 Å². The zero-order valence-corrected chi connectivity index (χ0v) is 18.1. The van der Waals surface area contributed by atoms with Crippen molar-refractivity contribution in [3.63, 3.8) is 0 Å². The van der Waals surface area contributed by atoms with Crippen LogP contribution in [0.25, 0.3) is 0 Å². The summed E-state index contributed by atoms with van der Waals surface area (Å²) in [5.74, 6) is -14.8. The van der Waals surface area contributed by atoms with Gasteiger partial charge in [0.15, 0.2) is 10.1 Å². The normalized spacial score (nSPS) is 13.6. The molecule has 1 aromatic rings. The highest BCUT2D eigenvalue weighted by Crippen LogP contribution is 2.54. The van der Waals surface area contributed by atoms with Gasteiger partial charge in [-0.25, -0.2) is 17.6 Å². The maximum Gasteiger partial charge on any atom is 0.460 e. The number of rotatable bonds is 11. The third kappa shape index (κ3) is 7.52. The molecule has 15 heteroatoms. The van der Waals surface area contributed by atoms with E-state index in [4.69, 9.17) is 0 Å². The van der Waals surface area contributed by atoms with Gasteiger partial charge in [-0.1, -0.05) is 33.1 Å². The van der Waals surface area contributed by atoms with E-state index in [0.717, 1.165) is 0 Å². The van der Waals surface area contributed by atoms with E-state index in [2.05, 4.69) is 41.7 Å². The van der Waals surface area contributed by atoms with Gasteiger partial charge in [-0.3, -0.25) is 0 Å². The predicted octanol–water partition coefficient (Wildman–Crippen LogP) is 5.11. The second-order valence-electron chi connectivity index (χ2n) is 6.92. The summed E-state index contributed by atoms with van der Waals surface area (Å²) in [5.41, 5.74) is 0. The molecule has 0 fully saturated rings. The molecule has 0 aliphatic heterocycles. The number of aryl methyl sites for hydroxylation is 2. The zero-order valence-electron chi connectivity index (χ0n) is 17.3. The Hall–Kier alpha value is -1.51. The van der Waals surface area contributed by atoms with Crippen molar-refractivity contribution in [1.29, 1.82) is 0 Å². The smallest absolute Gasteiger partial charge is 0.460 e. The summed E-state index contributed by atoms with van der Waals surface area (Å²) in [6.45, 7) is 6.84. The molecule has 0 spiro atoms. The molecule has 190 valence electrons. The highest BCUT2D eigenvalue weighted by atomic mass is 32.2. The van der Waals surface area contributed by atoms with Crippen LogP contribution in [0.4, 0.5) is 39.5 Å². The van der Waals surface area contributed by atoms with Gasteiger partial charge in [0.1, 0.15) is 12.4 Å². The van der Waals surface area contributed by atoms with E-state index < -0.39 is 33.4 Å². The van der Waals surface area contributed by atoms with Gasteiger partial charge >= 0.3 is 23.3 Å². The second kappa shape index (κ2) is 11.6. The van der Waals surface area contributed by atoms with E-state index in [9.17, 15) is 52.5 Å². The molecule has 0 aliphatic carbocycles. The Bertz CT molecular complexity index is 793. The quantitative estimate of drug-likeness (QED) is 0.181. The molecule has 0 N–H and O–H groups in total. The van der Waals surface area contributed by atoms with Crippen molar-refractivity contribution in [2.45, 2.75) is 88.7 Å². The molecule has 0 saturated heterocycles. The van der Waals surface area contributed by atoms with Crippen LogP contribution in [0.5, 0.6) is 0 Å². The van der Waals surface area contributed by atoms with Crippen LogP contribution >= 0.6 is 0 Å². The van der Waals surface area contributed by atoms with Crippen molar-refractivity contribution in [2.24, 2.45) is 0 Å². The first-order valence-corrected chi connectivity index (χ1v) is 11.0. The lowest BCUT2D eigenvalue weighted by molar-refractivity contribution is -0.696. The van der Waals surface area contributed by atoms with Crippen molar-refractivity contribution in [3.8, 4) is 0 Å². The molecule has 5 nitrogen and oxygen atoms in total. The minimum absolute atomic E-state index is 1.17. The summed E-state index contributed by atoms with van der Waals surface area (Å²) < 4.78 is 140. The molecule has 0 bridgehead atoms. The van der Waals surface area contributed by atoms with Crippen molar-refractivity contribution < 1.29 is 57.1 Å². The minimum atomic E-state index is -7.43. The summed E-state index contributed by atoms with van der Waals surface area (Å²) in [5, 5.41) is -7.11. The molecule has 0 unspecified atom stereocenters. The van der Waals surface area contributed by atoms with Gasteiger partial charge < -0.3 is 4.55 Å². The Morgan fingerprint density at radius 3 is 1.81 bits per heavy atom. The molecule has 1 rings (SSSR count). The van der Waals surface area contributed by atoms with Crippen LogP contribution in [-0.2, 0) is 23.2 Å². The fraction of sp³-hybridized carbons (Fsp3) is 0.824. The Kier molecular flexibility index (Phi) is 11.0. The van der Waals surface area contributed by atoms with Crippen molar-refractivity contribution in [3.05, 3.63) is 18.7 Å². The SMILES string of the molecule is CCCCCC[n+]1ccn(CCCC)c1.O=S(=O)([O-])C(F)(F)C(F)(F)C(F)(F)C(F)(F)F. The van der Waals surface area contributed by atoms with Gasteiger partial charge in [0.25, 0.3) is 0 Å². The summed E-state index contributed by atoms with van der Waals surface area (Å²) in [7, 11) is -7.42. The van der Waals surface area contributed by atoms with Crippen molar-refractivity contribution in [1.82, 2.24) is 4.57 Å². The fourth-order valence-corrected chi connectivity index (χ4v) is 2.73. The average Bonchev–Trinajstić information content (AvgIpc) is 3.09. The third-order valence-electron chi connectivity index (χ3n) is 4.22. The van der Waals surface area contributed by atoms with Gasteiger partial charge in [-0.2, -0.15) is 39.5 Å². The van der Waals surface area contributed by atoms with Crippen LogP contribution in [0.15, 0.2) is 18.7 Å². The van der Waals surface area contributed by atoms with E-state index in [-0.39, 0.29) is 0 Å². The average molecular weight is 508 g/mol. The first kappa shape index (κ1) is 30.5. The van der Waals surface area contributed by atoms with E-state index in [1.54, 1.807) is 0 Å². The monoisotopic (exact) mass is 508 g/mol. The highest BCUT2D eigenvalue weighted by Gasteiger charge is 2.83. The zero-order chi connectivity index (χ0) is 25.4. The highest BCUT2D eigenvalue weighted by molar-refractivity contribution is 7.86. The molecular weight excluding hydrogens is 483 g/mol. The summed E-state index contributed by atoms with van der Waals surface area (Å²) in [6, 6.07) is 0. The topological polar surface area (TPSA) is 66.0 Å². The number of unbranched alkanes of at least 4 members (excludes halogenated alkanes) is 4. The van der Waals surface area contributed by atoms with Crippen LogP contribution in [-0.4, -0.2) is 40.8 Å². The number of alkyl halides is 9. The molecule has 1 aromatic heterocycles. The first-order chi connectivity index (χ1) is 14.4. The molecule has 0 atom stereocenters. The summed E-state index contributed by atoms with van der Waals surface area (Å²) >= 11 is 0. The molecule has 0 aliphatic rings. The lowest BCUT2D eigenvalue weighted by Gasteiger charge is -2.34. The minimum Gasteiger partial charge on any atom is -0.743 e. The Balaban J connectivity index is 0.000000604. The fourth-order valence-electron chi connectivity index (χ4n) is 2.28. The Labute approximate surface area is 180 Å². The number of hydrogen-bond acceptors (Lipinski definition) is 3. The number of nitrogens with zero attached hydrogens (tertiary/aromatic N) is 2. The van der Waals surface area contributed by atoms with Gasteiger partial charge in [0.2, 0.25) is 6.33 Å². The molecular formula is C17H25F9N2O3S. The molecule has 0 aromatic carbocycles. The van der Waals surface area contributed by atoms with Gasteiger partial charge in [-0.15, -0.1) is 0 Å². The maximum atomic E-state index is 12.2. The predicted molar refractivity (Wildman–Crippen MR) is 94.3 cm³/mol. The molecule has 32 heavy (non-hydrogen) atoms. The van der Waals surface area contributed by atoms with E-state index >= 15 is 0 Å². The van der Waals surface area contributed by atoms with E-state index in [1.165, 1.54) is 51.6 Å². The number of hydrogen-bond donors (Lipinski definition) is 0. The van der Waals surface area contributed by atoms with Gasteiger partial charge in [-0.05, 0) is 19.3 Å². The lowest BCUT2D eigenvalue weighted by atomic mass is 10.1. The molecule has 0 radical (unpaired) electrons. The largest absolute Gasteiger partial charge is 0.743 e. The molecule has 0 amide bonds. The van der Waals surface area contributed by atoms with Crippen LogP contribution in [0.2, 0.25) is 0 Å². The Morgan fingerprint density at radius 2 is 1.38 bits per heavy atom. The van der Waals surface area contributed by atoms with Crippen LogP contribution in [0.1, 0.15) is 52.4 Å². The van der Waals surface area contributed by atoms with Crippen LogP contribution in [0, 0.1) is 0 Å². The standard InChI is InChI=1S/C13H25N2.C4HF9O3S/c1-3-5-7-8-10-15-12-11-14(13-15)9-6-4-2;5-1(6,3(9,10)11)2(7,8)4(12,13)17(14,15)16/h11-13H,3-10H2,1-2H3;(H,14,15,16)/q+1;/p-1. The summed E-state index contributed by atoms with van der Waals surface area (Å²) in [6.07, 6.45) is 7.39. The van der Waals surface area contributed by atoms with Crippen LogP contribution in [0.3, 0.4) is 0 Å². The number of halogens is 9. The third-order valence-corrected chi connectivity index (χ3v) is 5.10. The second-order valence-corrected chi connectivity index (χ2v) is 8.34.